The van der Waals surface area contributed by atoms with E-state index >= 15 is 0 Å². The number of hydrogen-bond acceptors (Lipinski definition) is 6. The summed E-state index contributed by atoms with van der Waals surface area (Å²) < 4.78 is 5.19. The van der Waals surface area contributed by atoms with Crippen molar-refractivity contribution in [1.29, 1.82) is 0 Å². The lowest BCUT2D eigenvalue weighted by molar-refractivity contribution is -0.131. The third kappa shape index (κ3) is 5.00. The van der Waals surface area contributed by atoms with Gasteiger partial charge in [-0.25, -0.2) is 0 Å². The SMILES string of the molecule is CC(C)c1noc(CN(C)C(=O)CCN(C)C2CCN(C)C2)n1. The lowest BCUT2D eigenvalue weighted by Gasteiger charge is -2.24. The summed E-state index contributed by atoms with van der Waals surface area (Å²) >= 11 is 0. The first-order valence-corrected chi connectivity index (χ1v) is 8.32. The Hall–Kier alpha value is -1.47. The molecule has 2 rings (SSSR count). The normalized spacial score (nSPS) is 19.0. The van der Waals surface area contributed by atoms with Gasteiger partial charge < -0.3 is 19.2 Å². The quantitative estimate of drug-likeness (QED) is 0.751. The highest BCUT2D eigenvalue weighted by molar-refractivity contribution is 5.75. The van der Waals surface area contributed by atoms with Crippen LogP contribution in [0.5, 0.6) is 0 Å². The predicted molar refractivity (Wildman–Crippen MR) is 88.0 cm³/mol. The van der Waals surface area contributed by atoms with E-state index in [9.17, 15) is 4.79 Å². The van der Waals surface area contributed by atoms with Gasteiger partial charge in [-0.1, -0.05) is 19.0 Å². The summed E-state index contributed by atoms with van der Waals surface area (Å²) in [5.74, 6) is 1.51. The van der Waals surface area contributed by atoms with Crippen LogP contribution in [0.15, 0.2) is 4.52 Å². The van der Waals surface area contributed by atoms with E-state index in [1.165, 1.54) is 6.42 Å². The number of nitrogens with zero attached hydrogens (tertiary/aromatic N) is 5. The number of likely N-dealkylation sites (tertiary alicyclic amines) is 1. The number of hydrogen-bond donors (Lipinski definition) is 0. The standard InChI is InChI=1S/C16H29N5O2/c1-12(2)16-17-14(23-18-16)11-21(5)15(22)7-9-20(4)13-6-8-19(3)10-13/h12-13H,6-11H2,1-5H3. The van der Waals surface area contributed by atoms with E-state index in [-0.39, 0.29) is 11.8 Å². The zero-order valence-electron chi connectivity index (χ0n) is 14.9. The Morgan fingerprint density at radius 1 is 1.43 bits per heavy atom. The second-order valence-electron chi connectivity index (χ2n) is 6.89. The first-order chi connectivity index (χ1) is 10.9. The molecule has 0 radical (unpaired) electrons. The first kappa shape index (κ1) is 17.9. The van der Waals surface area contributed by atoms with Crippen molar-refractivity contribution in [2.75, 3.05) is 40.8 Å². The van der Waals surface area contributed by atoms with Crippen molar-refractivity contribution in [3.63, 3.8) is 0 Å². The van der Waals surface area contributed by atoms with E-state index < -0.39 is 0 Å². The summed E-state index contributed by atoms with van der Waals surface area (Å²) in [6.45, 7) is 7.40. The molecular formula is C16H29N5O2. The Labute approximate surface area is 138 Å². The van der Waals surface area contributed by atoms with Crippen molar-refractivity contribution in [1.82, 2.24) is 24.8 Å². The van der Waals surface area contributed by atoms with Crippen LogP contribution in [0.2, 0.25) is 0 Å². The van der Waals surface area contributed by atoms with Crippen LogP contribution in [0.25, 0.3) is 0 Å². The molecule has 1 atom stereocenters. The molecule has 7 heteroatoms. The topological polar surface area (TPSA) is 65.7 Å². The molecule has 1 amide bonds. The van der Waals surface area contributed by atoms with Gasteiger partial charge in [0.05, 0.1) is 6.54 Å². The zero-order valence-corrected chi connectivity index (χ0v) is 14.9. The minimum absolute atomic E-state index is 0.104. The molecule has 1 aliphatic heterocycles. The summed E-state index contributed by atoms with van der Waals surface area (Å²) in [6, 6.07) is 0.558. The van der Waals surface area contributed by atoms with Gasteiger partial charge in [-0.2, -0.15) is 4.98 Å². The van der Waals surface area contributed by atoms with Gasteiger partial charge in [0.2, 0.25) is 11.8 Å². The number of carbonyl (C=O) groups is 1. The van der Waals surface area contributed by atoms with Gasteiger partial charge in [-0.3, -0.25) is 4.79 Å². The molecule has 1 fully saturated rings. The van der Waals surface area contributed by atoms with Gasteiger partial charge in [0.1, 0.15) is 0 Å². The molecule has 23 heavy (non-hydrogen) atoms. The number of carbonyl (C=O) groups excluding carboxylic acids is 1. The molecular weight excluding hydrogens is 294 g/mol. The van der Waals surface area contributed by atoms with E-state index in [4.69, 9.17) is 4.52 Å². The number of likely N-dealkylation sites (N-methyl/N-ethyl adjacent to an activating group) is 2. The maximum atomic E-state index is 12.3. The zero-order chi connectivity index (χ0) is 17.0. The van der Waals surface area contributed by atoms with Gasteiger partial charge in [0.25, 0.3) is 0 Å². The average Bonchev–Trinajstić information content (AvgIpc) is 3.13. The molecule has 0 spiro atoms. The summed E-state index contributed by atoms with van der Waals surface area (Å²) in [7, 11) is 6.03. The average molecular weight is 323 g/mol. The minimum atomic E-state index is 0.104. The van der Waals surface area contributed by atoms with Crippen LogP contribution in [-0.4, -0.2) is 77.6 Å². The number of amides is 1. The first-order valence-electron chi connectivity index (χ1n) is 8.32. The Bertz CT molecular complexity index is 516. The van der Waals surface area contributed by atoms with Crippen LogP contribution in [-0.2, 0) is 11.3 Å². The van der Waals surface area contributed by atoms with Crippen LogP contribution < -0.4 is 0 Å². The van der Waals surface area contributed by atoms with Gasteiger partial charge in [0, 0.05) is 38.5 Å². The Balaban J connectivity index is 1.75. The van der Waals surface area contributed by atoms with E-state index in [1.807, 2.05) is 13.8 Å². The van der Waals surface area contributed by atoms with Crippen LogP contribution in [0.3, 0.4) is 0 Å². The molecule has 0 aromatic carbocycles. The van der Waals surface area contributed by atoms with Gasteiger partial charge >= 0.3 is 0 Å². The molecule has 0 N–H and O–H groups in total. The molecule has 1 saturated heterocycles. The molecule has 1 aliphatic rings. The Morgan fingerprint density at radius 2 is 2.17 bits per heavy atom. The van der Waals surface area contributed by atoms with E-state index in [0.29, 0.717) is 30.7 Å². The Kier molecular flexibility index (Phi) is 6.12. The van der Waals surface area contributed by atoms with Crippen molar-refractivity contribution in [3.05, 3.63) is 11.7 Å². The van der Waals surface area contributed by atoms with Gasteiger partial charge in [-0.05, 0) is 27.1 Å². The largest absolute Gasteiger partial charge is 0.337 e. The van der Waals surface area contributed by atoms with E-state index in [1.54, 1.807) is 11.9 Å². The molecule has 1 unspecified atom stereocenters. The van der Waals surface area contributed by atoms with Crippen molar-refractivity contribution >= 4 is 5.91 Å². The van der Waals surface area contributed by atoms with Crippen molar-refractivity contribution < 1.29 is 9.32 Å². The minimum Gasteiger partial charge on any atom is -0.337 e. The monoisotopic (exact) mass is 323 g/mol. The molecule has 0 saturated carbocycles. The fraction of sp³-hybridized carbons (Fsp3) is 0.812. The Morgan fingerprint density at radius 3 is 2.74 bits per heavy atom. The second kappa shape index (κ2) is 7.88. The maximum Gasteiger partial charge on any atom is 0.246 e. The molecule has 1 aromatic rings. The lowest BCUT2D eigenvalue weighted by Crippen LogP contribution is -2.37. The van der Waals surface area contributed by atoms with Crippen LogP contribution in [0.1, 0.15) is 44.3 Å². The number of aromatic nitrogens is 2. The van der Waals surface area contributed by atoms with E-state index in [0.717, 1.165) is 19.6 Å². The number of rotatable bonds is 7. The fourth-order valence-electron chi connectivity index (χ4n) is 2.77. The molecule has 0 bridgehead atoms. The lowest BCUT2D eigenvalue weighted by atomic mass is 10.2. The molecule has 7 nitrogen and oxygen atoms in total. The highest BCUT2D eigenvalue weighted by atomic mass is 16.5. The molecule has 1 aromatic heterocycles. The van der Waals surface area contributed by atoms with Crippen molar-refractivity contribution in [3.8, 4) is 0 Å². The van der Waals surface area contributed by atoms with Crippen molar-refractivity contribution in [2.45, 2.75) is 45.2 Å². The van der Waals surface area contributed by atoms with Crippen LogP contribution in [0.4, 0.5) is 0 Å². The summed E-state index contributed by atoms with van der Waals surface area (Å²) in [5, 5.41) is 3.92. The summed E-state index contributed by atoms with van der Waals surface area (Å²) in [6.07, 6.45) is 1.69. The third-order valence-corrected chi connectivity index (χ3v) is 4.47. The van der Waals surface area contributed by atoms with Crippen LogP contribution in [0, 0.1) is 0 Å². The van der Waals surface area contributed by atoms with E-state index in [2.05, 4.69) is 34.0 Å². The van der Waals surface area contributed by atoms with Gasteiger partial charge in [-0.15, -0.1) is 0 Å². The summed E-state index contributed by atoms with van der Waals surface area (Å²) in [5.41, 5.74) is 0. The predicted octanol–water partition coefficient (Wildman–Crippen LogP) is 1.18. The molecule has 0 aliphatic carbocycles. The third-order valence-electron chi connectivity index (χ3n) is 4.47. The summed E-state index contributed by atoms with van der Waals surface area (Å²) in [4.78, 5) is 22.9. The fourth-order valence-corrected chi connectivity index (χ4v) is 2.77. The second-order valence-corrected chi connectivity index (χ2v) is 6.89. The molecule has 2 heterocycles. The van der Waals surface area contributed by atoms with Crippen LogP contribution >= 0.6 is 0 Å². The van der Waals surface area contributed by atoms with Crippen molar-refractivity contribution in [2.24, 2.45) is 0 Å². The maximum absolute atomic E-state index is 12.3. The molecule has 130 valence electrons. The highest BCUT2D eigenvalue weighted by Gasteiger charge is 2.24. The van der Waals surface area contributed by atoms with Gasteiger partial charge in [0.15, 0.2) is 5.82 Å². The smallest absolute Gasteiger partial charge is 0.246 e. The highest BCUT2D eigenvalue weighted by Crippen LogP contribution is 2.13.